The van der Waals surface area contributed by atoms with E-state index in [1.54, 1.807) is 6.08 Å². The molecule has 1 aliphatic carbocycles. The molecule has 0 aromatic heterocycles. The van der Waals surface area contributed by atoms with E-state index in [0.717, 1.165) is 35.1 Å². The normalized spacial score (nSPS) is 21.7. The third kappa shape index (κ3) is 3.87. The average Bonchev–Trinajstić information content (AvgIpc) is 3.45. The van der Waals surface area contributed by atoms with Crippen molar-refractivity contribution in [3.05, 3.63) is 52.8 Å². The Kier molecular flexibility index (Phi) is 5.96. The second-order valence-corrected chi connectivity index (χ2v) is 8.08. The van der Waals surface area contributed by atoms with Gasteiger partial charge in [0.05, 0.1) is 11.5 Å². The number of amides is 1. The first-order chi connectivity index (χ1) is 13.7. The number of carbonyl (C=O) groups excluding carboxylic acids is 2. The van der Waals surface area contributed by atoms with Crippen LogP contribution in [0.3, 0.4) is 0 Å². The van der Waals surface area contributed by atoms with Crippen molar-refractivity contribution < 1.29 is 23.9 Å². The van der Waals surface area contributed by atoms with Crippen LogP contribution < -0.4 is 0 Å². The molecule has 1 aromatic rings. The van der Waals surface area contributed by atoms with Crippen molar-refractivity contribution in [2.24, 2.45) is 5.92 Å². The Morgan fingerprint density at radius 3 is 2.41 bits per heavy atom. The largest absolute Gasteiger partial charge is 0.427 e. The first-order valence-electron chi connectivity index (χ1n) is 9.86. The third-order valence-electron chi connectivity index (χ3n) is 5.44. The monoisotopic (exact) mass is 399 g/mol. The van der Waals surface area contributed by atoms with Gasteiger partial charge in [-0.05, 0) is 63.6 Å². The van der Waals surface area contributed by atoms with Crippen molar-refractivity contribution in [3.63, 3.8) is 0 Å². The maximum Gasteiger partial charge on any atom is 0.314 e. The topological polar surface area (TPSA) is 65.1 Å². The molecule has 0 saturated heterocycles. The van der Waals surface area contributed by atoms with Crippen molar-refractivity contribution in [3.8, 4) is 0 Å². The number of hydroxylamine groups is 2. The van der Waals surface area contributed by atoms with E-state index >= 15 is 0 Å². The zero-order valence-corrected chi connectivity index (χ0v) is 17.8. The molecule has 6 nitrogen and oxygen atoms in total. The van der Waals surface area contributed by atoms with E-state index in [0.29, 0.717) is 17.8 Å². The van der Waals surface area contributed by atoms with Crippen LogP contribution in [0.5, 0.6) is 0 Å². The summed E-state index contributed by atoms with van der Waals surface area (Å²) in [5, 5.41) is 1.27. The molecule has 6 heteroatoms. The second kappa shape index (κ2) is 8.13. The first-order valence-corrected chi connectivity index (χ1v) is 9.86. The van der Waals surface area contributed by atoms with E-state index in [1.165, 1.54) is 12.2 Å². The molecule has 1 amide bonds. The van der Waals surface area contributed by atoms with E-state index < -0.39 is 5.54 Å². The van der Waals surface area contributed by atoms with Crippen LogP contribution in [-0.2, 0) is 23.9 Å². The minimum atomic E-state index is -0.999. The molecule has 1 fully saturated rings. The van der Waals surface area contributed by atoms with E-state index in [4.69, 9.17) is 14.3 Å². The van der Waals surface area contributed by atoms with E-state index in [-0.39, 0.29) is 24.6 Å². The number of benzene rings is 1. The lowest BCUT2D eigenvalue weighted by molar-refractivity contribution is -0.241. The van der Waals surface area contributed by atoms with Gasteiger partial charge in [-0.2, -0.15) is 0 Å². The summed E-state index contributed by atoms with van der Waals surface area (Å²) in [7, 11) is 1.49. The molecule has 3 rings (SSSR count). The summed E-state index contributed by atoms with van der Waals surface area (Å²) in [6, 6.07) is 4.04. The standard InChI is InChI=1S/C23H29NO5/c1-7-10-23(5)20(29-22(26)17-8-9-17)19(21(25)24(23)28-13-27-6)18-15(3)11-14(2)12-16(18)4/h7,11-12,17H,1,8-10,13H2,2-6H3. The van der Waals surface area contributed by atoms with Gasteiger partial charge < -0.3 is 9.47 Å². The maximum atomic E-state index is 13.5. The summed E-state index contributed by atoms with van der Waals surface area (Å²) < 4.78 is 10.9. The minimum absolute atomic E-state index is 0.0958. The lowest BCUT2D eigenvalue weighted by Crippen LogP contribution is -2.46. The van der Waals surface area contributed by atoms with Gasteiger partial charge in [-0.15, -0.1) is 6.58 Å². The quantitative estimate of drug-likeness (QED) is 0.376. The molecule has 0 N–H and O–H groups in total. The van der Waals surface area contributed by atoms with Gasteiger partial charge in [0.15, 0.2) is 6.79 Å². The number of rotatable bonds is 8. The summed E-state index contributed by atoms with van der Waals surface area (Å²) in [4.78, 5) is 31.8. The van der Waals surface area contributed by atoms with Crippen LogP contribution in [0, 0.1) is 26.7 Å². The molecular formula is C23H29NO5. The molecule has 29 heavy (non-hydrogen) atoms. The minimum Gasteiger partial charge on any atom is -0.427 e. The Labute approximate surface area is 172 Å². The number of carbonyl (C=O) groups is 2. The number of esters is 1. The molecule has 2 aliphatic rings. The van der Waals surface area contributed by atoms with Crippen molar-refractivity contribution in [1.82, 2.24) is 5.06 Å². The Morgan fingerprint density at radius 2 is 1.90 bits per heavy atom. The van der Waals surface area contributed by atoms with Crippen LogP contribution in [0.25, 0.3) is 5.57 Å². The van der Waals surface area contributed by atoms with Crippen LogP contribution >= 0.6 is 0 Å². The van der Waals surface area contributed by atoms with Crippen molar-refractivity contribution in [2.45, 2.75) is 52.5 Å². The first kappa shape index (κ1) is 21.3. The molecule has 1 atom stereocenters. The highest BCUT2D eigenvalue weighted by atomic mass is 16.8. The molecule has 1 aliphatic heterocycles. The number of hydrogen-bond donors (Lipinski definition) is 0. The fourth-order valence-electron chi connectivity index (χ4n) is 4.01. The highest BCUT2D eigenvalue weighted by Crippen LogP contribution is 2.46. The lowest BCUT2D eigenvalue weighted by atomic mass is 9.89. The number of aryl methyl sites for hydroxylation is 3. The van der Waals surface area contributed by atoms with E-state index in [1.807, 2.05) is 39.8 Å². The molecule has 1 heterocycles. The third-order valence-corrected chi connectivity index (χ3v) is 5.44. The van der Waals surface area contributed by atoms with Gasteiger partial charge >= 0.3 is 5.97 Å². The molecule has 1 saturated carbocycles. The van der Waals surface area contributed by atoms with Crippen molar-refractivity contribution in [2.75, 3.05) is 13.9 Å². The second-order valence-electron chi connectivity index (χ2n) is 8.08. The molecule has 0 spiro atoms. The number of ether oxygens (including phenoxy) is 2. The maximum absolute atomic E-state index is 13.5. The van der Waals surface area contributed by atoms with E-state index in [2.05, 4.69) is 6.58 Å². The highest BCUT2D eigenvalue weighted by Gasteiger charge is 2.53. The summed E-state index contributed by atoms with van der Waals surface area (Å²) in [6.07, 6.45) is 3.70. The molecular weight excluding hydrogens is 370 g/mol. The molecule has 0 bridgehead atoms. The summed E-state index contributed by atoms with van der Waals surface area (Å²) >= 11 is 0. The van der Waals surface area contributed by atoms with Gasteiger partial charge in [-0.25, -0.2) is 9.90 Å². The van der Waals surface area contributed by atoms with Gasteiger partial charge in [0, 0.05) is 7.11 Å². The Bertz CT molecular complexity index is 860. The Balaban J connectivity index is 2.20. The fourth-order valence-corrected chi connectivity index (χ4v) is 4.01. The van der Waals surface area contributed by atoms with Crippen LogP contribution in [0.15, 0.2) is 30.5 Å². The molecule has 1 unspecified atom stereocenters. The highest BCUT2D eigenvalue weighted by molar-refractivity contribution is 6.23. The van der Waals surface area contributed by atoms with Gasteiger partial charge in [-0.1, -0.05) is 23.8 Å². The predicted octanol–water partition coefficient (Wildman–Crippen LogP) is 3.99. The summed E-state index contributed by atoms with van der Waals surface area (Å²) in [6.45, 7) is 11.5. The molecule has 1 aromatic carbocycles. The zero-order chi connectivity index (χ0) is 21.3. The van der Waals surface area contributed by atoms with Gasteiger partial charge in [0.1, 0.15) is 11.3 Å². The fraction of sp³-hybridized carbons (Fsp3) is 0.478. The molecule has 0 radical (unpaired) electrons. The Hall–Kier alpha value is -2.44. The number of methoxy groups -OCH3 is 1. The zero-order valence-electron chi connectivity index (χ0n) is 17.8. The Morgan fingerprint density at radius 1 is 1.28 bits per heavy atom. The van der Waals surface area contributed by atoms with Crippen molar-refractivity contribution >= 4 is 17.4 Å². The summed E-state index contributed by atoms with van der Waals surface area (Å²) in [5.74, 6) is -0.414. The SMILES string of the molecule is C=CCC1(C)C(OC(=O)C2CC2)=C(c2c(C)cc(C)cc2C)C(=O)N1OCOC. The van der Waals surface area contributed by atoms with Gasteiger partial charge in [-0.3, -0.25) is 9.59 Å². The number of hydrogen-bond acceptors (Lipinski definition) is 5. The van der Waals surface area contributed by atoms with E-state index in [9.17, 15) is 9.59 Å². The van der Waals surface area contributed by atoms with Gasteiger partial charge in [0.25, 0.3) is 5.91 Å². The lowest BCUT2D eigenvalue weighted by Gasteiger charge is -2.34. The smallest absolute Gasteiger partial charge is 0.314 e. The van der Waals surface area contributed by atoms with Crippen LogP contribution in [-0.4, -0.2) is 36.4 Å². The van der Waals surface area contributed by atoms with Crippen LogP contribution in [0.1, 0.15) is 48.4 Å². The van der Waals surface area contributed by atoms with Gasteiger partial charge in [0.2, 0.25) is 0 Å². The molecule has 156 valence electrons. The van der Waals surface area contributed by atoms with Crippen LogP contribution in [0.4, 0.5) is 0 Å². The number of nitrogens with zero attached hydrogens (tertiary/aromatic N) is 1. The van der Waals surface area contributed by atoms with Crippen molar-refractivity contribution in [1.29, 1.82) is 0 Å². The summed E-state index contributed by atoms with van der Waals surface area (Å²) in [5.41, 5.74) is 3.14. The predicted molar refractivity (Wildman–Crippen MR) is 109 cm³/mol. The van der Waals surface area contributed by atoms with Crippen LogP contribution in [0.2, 0.25) is 0 Å². The average molecular weight is 399 g/mol.